The Morgan fingerprint density at radius 3 is 2.10 bits per heavy atom. The molecular formula is C42H46N6. The van der Waals surface area contributed by atoms with Gasteiger partial charge in [0.25, 0.3) is 0 Å². The summed E-state index contributed by atoms with van der Waals surface area (Å²) in [6, 6.07) is 17.6. The maximum absolute atomic E-state index is 4.98. The standard InChI is InChI=1S/C42H46N6/c1-2-16-42(15-1)21-31-28(11-12-29(32(31)22-42)37-23-45-40(48-37)34-5-3-17-43-34)30-13-10-27(38-25-7-8-26(19-25)39(30)38)24-9-14-33-36(20-24)47-41(46-33)35-6-4-18-44-35/h9-14,20,23,25-26,34-35,43-44H,1-8,15-19,21-22H2,(H,45,48)(H,46,47)/t25?,26?,34-,35-/m0/s1. The highest BCUT2D eigenvalue weighted by Crippen LogP contribution is 2.60. The summed E-state index contributed by atoms with van der Waals surface area (Å²) in [5, 5.41) is 7.25. The monoisotopic (exact) mass is 634 g/mol. The minimum Gasteiger partial charge on any atom is -0.341 e. The Balaban J connectivity index is 1.03. The molecule has 3 aromatic carbocycles. The number of hydrogen-bond acceptors (Lipinski definition) is 4. The van der Waals surface area contributed by atoms with E-state index >= 15 is 0 Å². The zero-order valence-electron chi connectivity index (χ0n) is 27.9. The summed E-state index contributed by atoms with van der Waals surface area (Å²) in [6.07, 6.45) is 18.8. The van der Waals surface area contributed by atoms with E-state index in [9.17, 15) is 0 Å². The largest absolute Gasteiger partial charge is 0.341 e. The van der Waals surface area contributed by atoms with E-state index in [1.165, 1.54) is 111 Å². The van der Waals surface area contributed by atoms with Gasteiger partial charge < -0.3 is 20.6 Å². The molecule has 2 aromatic heterocycles. The number of nitrogens with zero attached hydrogens (tertiary/aromatic N) is 2. The SMILES string of the molecule is c1cc2nc([C@@H]3CCCN3)[nH]c2cc1-c1ccc(-c2ccc(-c3cnc([C@@H]4CCCN4)[nH]3)c3c2CC2(CCCC2)C3)c2c1C1CCC2C1. The maximum Gasteiger partial charge on any atom is 0.124 e. The normalized spacial score (nSPS) is 26.8. The summed E-state index contributed by atoms with van der Waals surface area (Å²) in [4.78, 5) is 17.3. The minimum atomic E-state index is 0.358. The fourth-order valence-electron chi connectivity index (χ4n) is 11.2. The lowest BCUT2D eigenvalue weighted by molar-refractivity contribution is 0.318. The Hall–Kier alpha value is -3.74. The Bertz CT molecular complexity index is 2070. The van der Waals surface area contributed by atoms with Gasteiger partial charge in [-0.15, -0.1) is 0 Å². The lowest BCUT2D eigenvalue weighted by Gasteiger charge is -2.25. The van der Waals surface area contributed by atoms with Crippen LogP contribution in [0.3, 0.4) is 0 Å². The highest BCUT2D eigenvalue weighted by molar-refractivity contribution is 5.87. The van der Waals surface area contributed by atoms with Gasteiger partial charge in [-0.25, -0.2) is 9.97 Å². The Kier molecular flexibility index (Phi) is 6.23. The molecule has 0 radical (unpaired) electrons. The van der Waals surface area contributed by atoms with Crippen LogP contribution in [0.1, 0.15) is 128 Å². The summed E-state index contributed by atoms with van der Waals surface area (Å²) in [5.74, 6) is 3.56. The number of rotatable bonds is 5. The third kappa shape index (κ3) is 4.24. The molecule has 1 spiro atoms. The van der Waals surface area contributed by atoms with Crippen molar-refractivity contribution in [1.29, 1.82) is 0 Å². The first-order chi connectivity index (χ1) is 23.7. The van der Waals surface area contributed by atoms with E-state index in [1.807, 2.05) is 0 Å². The molecule has 11 rings (SSSR count). The lowest BCUT2D eigenvalue weighted by Crippen LogP contribution is -2.16. The lowest BCUT2D eigenvalue weighted by atomic mass is 9.79. The van der Waals surface area contributed by atoms with E-state index in [2.05, 4.69) is 69.3 Å². The summed E-state index contributed by atoms with van der Waals surface area (Å²) in [6.45, 7) is 2.18. The van der Waals surface area contributed by atoms with Gasteiger partial charge in [0.1, 0.15) is 11.6 Å². The zero-order valence-corrected chi connectivity index (χ0v) is 27.9. The molecular weight excluding hydrogens is 589 g/mol. The van der Waals surface area contributed by atoms with Gasteiger partial charge in [-0.1, -0.05) is 43.2 Å². The van der Waals surface area contributed by atoms with Gasteiger partial charge in [0.2, 0.25) is 0 Å². The smallest absolute Gasteiger partial charge is 0.124 e. The third-order valence-electron chi connectivity index (χ3n) is 13.5. The molecule has 4 N–H and O–H groups in total. The molecule has 4 atom stereocenters. The van der Waals surface area contributed by atoms with Crippen LogP contribution in [0.2, 0.25) is 0 Å². The van der Waals surface area contributed by atoms with E-state index < -0.39 is 0 Å². The van der Waals surface area contributed by atoms with Gasteiger partial charge >= 0.3 is 0 Å². The van der Waals surface area contributed by atoms with Crippen molar-refractivity contribution >= 4 is 11.0 Å². The first-order valence-electron chi connectivity index (χ1n) is 19.0. The van der Waals surface area contributed by atoms with Crippen LogP contribution in [0.25, 0.3) is 44.5 Å². The zero-order chi connectivity index (χ0) is 31.4. The van der Waals surface area contributed by atoms with E-state index in [-0.39, 0.29) is 0 Å². The Morgan fingerprint density at radius 2 is 1.33 bits per heavy atom. The van der Waals surface area contributed by atoms with Crippen LogP contribution in [-0.4, -0.2) is 33.0 Å². The summed E-state index contributed by atoms with van der Waals surface area (Å²) in [7, 11) is 0. The summed E-state index contributed by atoms with van der Waals surface area (Å²) >= 11 is 0. The van der Waals surface area contributed by atoms with Crippen molar-refractivity contribution in [3.8, 4) is 33.5 Å². The van der Waals surface area contributed by atoms with Crippen LogP contribution < -0.4 is 10.6 Å². The molecule has 6 nitrogen and oxygen atoms in total. The topological polar surface area (TPSA) is 81.4 Å². The second-order valence-electron chi connectivity index (χ2n) is 16.2. The average molecular weight is 635 g/mol. The van der Waals surface area contributed by atoms with Gasteiger partial charge in [0.05, 0.1) is 35.0 Å². The second-order valence-corrected chi connectivity index (χ2v) is 16.2. The van der Waals surface area contributed by atoms with E-state index in [0.717, 1.165) is 42.2 Å². The number of imidazole rings is 2. The summed E-state index contributed by atoms with van der Waals surface area (Å²) in [5.41, 5.74) is 17.7. The molecule has 2 saturated heterocycles. The fourth-order valence-corrected chi connectivity index (χ4v) is 11.2. The molecule has 2 saturated carbocycles. The number of nitrogens with one attached hydrogen (secondary N) is 4. The van der Waals surface area contributed by atoms with Crippen molar-refractivity contribution in [2.45, 2.75) is 107 Å². The van der Waals surface area contributed by atoms with Crippen molar-refractivity contribution in [1.82, 2.24) is 30.6 Å². The number of benzene rings is 3. The first kappa shape index (κ1) is 28.1. The second kappa shape index (κ2) is 10.6. The van der Waals surface area contributed by atoms with Crippen molar-refractivity contribution in [2.75, 3.05) is 13.1 Å². The van der Waals surface area contributed by atoms with E-state index in [0.29, 0.717) is 29.3 Å². The van der Waals surface area contributed by atoms with Crippen molar-refractivity contribution in [2.24, 2.45) is 5.41 Å². The predicted molar refractivity (Wildman–Crippen MR) is 192 cm³/mol. The molecule has 6 aliphatic rings. The molecule has 2 bridgehead atoms. The predicted octanol–water partition coefficient (Wildman–Crippen LogP) is 9.16. The van der Waals surface area contributed by atoms with Gasteiger partial charge in [-0.3, -0.25) is 0 Å². The number of H-pyrrole nitrogens is 2. The quantitative estimate of drug-likeness (QED) is 0.155. The minimum absolute atomic E-state index is 0.358. The molecule has 48 heavy (non-hydrogen) atoms. The van der Waals surface area contributed by atoms with Crippen molar-refractivity contribution < 1.29 is 0 Å². The van der Waals surface area contributed by atoms with Crippen molar-refractivity contribution in [3.63, 3.8) is 0 Å². The molecule has 2 unspecified atom stereocenters. The Labute approximate surface area is 283 Å². The number of hydrogen-bond donors (Lipinski definition) is 4. The molecule has 4 fully saturated rings. The van der Waals surface area contributed by atoms with Gasteiger partial charge in [-0.05, 0) is 158 Å². The van der Waals surface area contributed by atoms with Crippen LogP contribution in [-0.2, 0) is 12.8 Å². The van der Waals surface area contributed by atoms with E-state index in [4.69, 9.17) is 9.97 Å². The van der Waals surface area contributed by atoms with Gasteiger partial charge in [0.15, 0.2) is 0 Å². The molecule has 2 aliphatic heterocycles. The van der Waals surface area contributed by atoms with Crippen LogP contribution in [0.15, 0.2) is 48.7 Å². The maximum atomic E-state index is 4.98. The van der Waals surface area contributed by atoms with Crippen LogP contribution in [0.4, 0.5) is 0 Å². The molecule has 244 valence electrons. The molecule has 5 aromatic rings. The number of aromatic nitrogens is 4. The van der Waals surface area contributed by atoms with Crippen molar-refractivity contribution in [3.05, 3.63) is 82.6 Å². The van der Waals surface area contributed by atoms with Gasteiger partial charge in [-0.2, -0.15) is 0 Å². The third-order valence-corrected chi connectivity index (χ3v) is 13.5. The molecule has 4 aliphatic carbocycles. The average Bonchev–Trinajstić information content (AvgIpc) is 3.97. The van der Waals surface area contributed by atoms with Gasteiger partial charge in [0, 0.05) is 5.56 Å². The molecule has 0 amide bonds. The summed E-state index contributed by atoms with van der Waals surface area (Å²) < 4.78 is 0. The molecule has 6 heteroatoms. The highest BCUT2D eigenvalue weighted by atomic mass is 15.0. The fraction of sp³-hybridized carbons (Fsp3) is 0.476. The van der Waals surface area contributed by atoms with Crippen LogP contribution in [0.5, 0.6) is 0 Å². The first-order valence-corrected chi connectivity index (χ1v) is 19.0. The number of aromatic amines is 2. The Morgan fingerprint density at radius 1 is 0.646 bits per heavy atom. The van der Waals surface area contributed by atoms with E-state index in [1.54, 1.807) is 22.3 Å². The highest BCUT2D eigenvalue weighted by Gasteiger charge is 2.44. The number of fused-ring (bicyclic) bond motifs is 7. The molecule has 4 heterocycles. The van der Waals surface area contributed by atoms with Crippen LogP contribution >= 0.6 is 0 Å². The van der Waals surface area contributed by atoms with Crippen LogP contribution in [0, 0.1) is 5.41 Å².